The normalized spacial score (nSPS) is 20.6. The fourth-order valence-electron chi connectivity index (χ4n) is 1.83. The van der Waals surface area contributed by atoms with E-state index in [-0.39, 0.29) is 30.5 Å². The quantitative estimate of drug-likeness (QED) is 0.861. The molecule has 0 saturated carbocycles. The van der Waals surface area contributed by atoms with Crippen LogP contribution in [0, 0.1) is 11.7 Å². The lowest BCUT2D eigenvalue weighted by molar-refractivity contribution is -0.117. The van der Waals surface area contributed by atoms with Crippen LogP contribution >= 0.6 is 11.6 Å². The lowest BCUT2D eigenvalue weighted by atomic mass is 10.1. The van der Waals surface area contributed by atoms with Gasteiger partial charge in [0.05, 0.1) is 5.69 Å². The van der Waals surface area contributed by atoms with Crippen LogP contribution in [-0.2, 0) is 4.79 Å². The summed E-state index contributed by atoms with van der Waals surface area (Å²) >= 11 is 5.76. The zero-order valence-electron chi connectivity index (χ0n) is 8.49. The second kappa shape index (κ2) is 4.39. The number of hydrogen-bond acceptors (Lipinski definition) is 2. The maximum Gasteiger partial charge on any atom is 0.227 e. The van der Waals surface area contributed by atoms with Crippen molar-refractivity contribution in [1.82, 2.24) is 0 Å². The highest BCUT2D eigenvalue weighted by atomic mass is 35.5. The predicted octanol–water partition coefficient (Wildman–Crippen LogP) is 1.82. The highest BCUT2D eigenvalue weighted by molar-refractivity contribution is 6.30. The summed E-state index contributed by atoms with van der Waals surface area (Å²) in [4.78, 5) is 12.9. The Morgan fingerprint density at radius 3 is 2.94 bits per heavy atom. The first-order valence-corrected chi connectivity index (χ1v) is 5.36. The predicted molar refractivity (Wildman–Crippen MR) is 59.0 cm³/mol. The fraction of sp³-hybridized carbons (Fsp3) is 0.364. The Balaban J connectivity index is 2.30. The average molecular weight is 244 g/mol. The van der Waals surface area contributed by atoms with Gasteiger partial charge in [-0.15, -0.1) is 0 Å². The van der Waals surface area contributed by atoms with Crippen molar-refractivity contribution in [3.05, 3.63) is 29.0 Å². The van der Waals surface area contributed by atoms with Gasteiger partial charge in [-0.3, -0.25) is 4.79 Å². The van der Waals surface area contributed by atoms with Crippen molar-refractivity contribution in [2.24, 2.45) is 5.92 Å². The summed E-state index contributed by atoms with van der Waals surface area (Å²) in [5.41, 5.74) is 0.188. The van der Waals surface area contributed by atoms with Crippen molar-refractivity contribution < 1.29 is 14.3 Å². The van der Waals surface area contributed by atoms with Gasteiger partial charge in [0.1, 0.15) is 5.82 Å². The van der Waals surface area contributed by atoms with Crippen LogP contribution in [0.4, 0.5) is 10.1 Å². The molecule has 16 heavy (non-hydrogen) atoms. The zero-order chi connectivity index (χ0) is 11.7. The first-order chi connectivity index (χ1) is 7.61. The Hall–Kier alpha value is -1.13. The van der Waals surface area contributed by atoms with E-state index >= 15 is 0 Å². The number of aliphatic hydroxyl groups excluding tert-OH is 1. The van der Waals surface area contributed by atoms with Crippen molar-refractivity contribution in [3.8, 4) is 0 Å². The highest BCUT2D eigenvalue weighted by Crippen LogP contribution is 2.29. The minimum Gasteiger partial charge on any atom is -0.396 e. The van der Waals surface area contributed by atoms with Crippen LogP contribution in [0.5, 0.6) is 0 Å². The molecule has 1 aromatic rings. The molecule has 0 aliphatic carbocycles. The number of amides is 1. The largest absolute Gasteiger partial charge is 0.396 e. The van der Waals surface area contributed by atoms with Crippen molar-refractivity contribution in [2.45, 2.75) is 6.42 Å². The van der Waals surface area contributed by atoms with E-state index < -0.39 is 5.82 Å². The standard InChI is InChI=1S/C11H11ClFNO2/c12-8-1-2-9(13)10(4-8)14-5-7(6-15)3-11(14)16/h1-2,4,7,15H,3,5-6H2. The smallest absolute Gasteiger partial charge is 0.227 e. The van der Waals surface area contributed by atoms with Crippen LogP contribution in [0.3, 0.4) is 0 Å². The van der Waals surface area contributed by atoms with Crippen molar-refractivity contribution in [1.29, 1.82) is 0 Å². The van der Waals surface area contributed by atoms with E-state index in [0.717, 1.165) is 0 Å². The van der Waals surface area contributed by atoms with E-state index in [4.69, 9.17) is 16.7 Å². The lowest BCUT2D eigenvalue weighted by Crippen LogP contribution is -2.25. The van der Waals surface area contributed by atoms with Crippen LogP contribution < -0.4 is 4.90 Å². The molecule has 0 aromatic heterocycles. The highest BCUT2D eigenvalue weighted by Gasteiger charge is 2.31. The fourth-order valence-corrected chi connectivity index (χ4v) is 2.00. The van der Waals surface area contributed by atoms with Gasteiger partial charge in [0.2, 0.25) is 5.91 Å². The second-order valence-corrected chi connectivity index (χ2v) is 4.29. The number of aliphatic hydroxyl groups is 1. The Bertz CT molecular complexity index is 424. The molecular weight excluding hydrogens is 233 g/mol. The Morgan fingerprint density at radius 1 is 1.56 bits per heavy atom. The summed E-state index contributed by atoms with van der Waals surface area (Å²) < 4.78 is 13.5. The maximum absolute atomic E-state index is 13.5. The number of halogens is 2. The molecule has 1 heterocycles. The molecule has 0 bridgehead atoms. The van der Waals surface area contributed by atoms with Gasteiger partial charge >= 0.3 is 0 Å². The molecule has 1 aromatic carbocycles. The number of carbonyl (C=O) groups is 1. The van der Waals surface area contributed by atoms with Gasteiger partial charge < -0.3 is 10.0 Å². The third-order valence-electron chi connectivity index (χ3n) is 2.66. The van der Waals surface area contributed by atoms with Crippen molar-refractivity contribution in [3.63, 3.8) is 0 Å². The van der Waals surface area contributed by atoms with E-state index in [0.29, 0.717) is 11.6 Å². The first-order valence-electron chi connectivity index (χ1n) is 4.98. The molecule has 3 nitrogen and oxygen atoms in total. The topological polar surface area (TPSA) is 40.5 Å². The Morgan fingerprint density at radius 2 is 2.31 bits per heavy atom. The molecule has 5 heteroatoms. The molecule has 1 unspecified atom stereocenters. The van der Waals surface area contributed by atoms with Gasteiger partial charge in [0.25, 0.3) is 0 Å². The first kappa shape index (κ1) is 11.4. The van der Waals surface area contributed by atoms with Gasteiger partial charge in [-0.2, -0.15) is 0 Å². The van der Waals surface area contributed by atoms with E-state index in [1.165, 1.54) is 23.1 Å². The summed E-state index contributed by atoms with van der Waals surface area (Å²) in [6, 6.07) is 4.09. The summed E-state index contributed by atoms with van der Waals surface area (Å²) in [5, 5.41) is 9.36. The van der Waals surface area contributed by atoms with Crippen molar-refractivity contribution in [2.75, 3.05) is 18.1 Å². The summed E-state index contributed by atoms with van der Waals surface area (Å²) in [6.45, 7) is 0.275. The van der Waals surface area contributed by atoms with Crippen molar-refractivity contribution >= 4 is 23.2 Å². The minimum absolute atomic E-state index is 0.0651. The molecular formula is C11H11ClFNO2. The third-order valence-corrected chi connectivity index (χ3v) is 2.90. The van der Waals surface area contributed by atoms with E-state index in [2.05, 4.69) is 0 Å². The molecule has 1 N–H and O–H groups in total. The number of carbonyl (C=O) groups excluding carboxylic acids is 1. The van der Waals surface area contributed by atoms with Gasteiger partial charge in [-0.1, -0.05) is 11.6 Å². The Kier molecular flexibility index (Phi) is 3.12. The molecule has 0 spiro atoms. The van der Waals surface area contributed by atoms with Crippen LogP contribution in [0.2, 0.25) is 5.02 Å². The van der Waals surface area contributed by atoms with Crippen LogP contribution in [0.1, 0.15) is 6.42 Å². The van der Waals surface area contributed by atoms with Crippen LogP contribution in [-0.4, -0.2) is 24.2 Å². The molecule has 2 rings (SSSR count). The zero-order valence-corrected chi connectivity index (χ0v) is 9.25. The minimum atomic E-state index is -0.476. The molecule has 1 amide bonds. The average Bonchev–Trinajstić information content (AvgIpc) is 2.63. The Labute approximate surface area is 97.4 Å². The summed E-state index contributed by atoms with van der Waals surface area (Å²) in [7, 11) is 0. The van der Waals surface area contributed by atoms with Crippen LogP contribution in [0.25, 0.3) is 0 Å². The van der Waals surface area contributed by atoms with Crippen LogP contribution in [0.15, 0.2) is 18.2 Å². The number of anilines is 1. The summed E-state index contributed by atoms with van der Waals surface area (Å²) in [5.74, 6) is -0.776. The van der Waals surface area contributed by atoms with Gasteiger partial charge in [0.15, 0.2) is 0 Å². The van der Waals surface area contributed by atoms with Gasteiger partial charge in [0, 0.05) is 30.5 Å². The monoisotopic (exact) mass is 243 g/mol. The number of nitrogens with zero attached hydrogens (tertiary/aromatic N) is 1. The van der Waals surface area contributed by atoms with Gasteiger partial charge in [-0.05, 0) is 18.2 Å². The molecule has 1 saturated heterocycles. The third kappa shape index (κ3) is 2.03. The maximum atomic E-state index is 13.5. The van der Waals surface area contributed by atoms with E-state index in [1.807, 2.05) is 0 Å². The van der Waals surface area contributed by atoms with E-state index in [9.17, 15) is 9.18 Å². The molecule has 0 radical (unpaired) electrons. The van der Waals surface area contributed by atoms with Gasteiger partial charge in [-0.25, -0.2) is 4.39 Å². The number of hydrogen-bond donors (Lipinski definition) is 1. The lowest BCUT2D eigenvalue weighted by Gasteiger charge is -2.17. The van der Waals surface area contributed by atoms with E-state index in [1.54, 1.807) is 0 Å². The number of benzene rings is 1. The second-order valence-electron chi connectivity index (χ2n) is 3.85. The molecule has 1 aliphatic heterocycles. The molecule has 1 atom stereocenters. The number of rotatable bonds is 2. The molecule has 86 valence electrons. The molecule has 1 fully saturated rings. The summed E-state index contributed by atoms with van der Waals surface area (Å²) in [6.07, 6.45) is 0.252. The molecule has 1 aliphatic rings. The SMILES string of the molecule is O=C1CC(CO)CN1c1cc(Cl)ccc1F.